The van der Waals surface area contributed by atoms with Gasteiger partial charge in [0.2, 0.25) is 5.95 Å². The van der Waals surface area contributed by atoms with Gasteiger partial charge in [-0.15, -0.1) is 0 Å². The molecule has 12 heteroatoms. The van der Waals surface area contributed by atoms with Gasteiger partial charge in [0, 0.05) is 23.1 Å². The number of halogens is 2. The monoisotopic (exact) mass is 596 g/mol. The van der Waals surface area contributed by atoms with Gasteiger partial charge in [0.1, 0.15) is 29.7 Å². The van der Waals surface area contributed by atoms with Gasteiger partial charge in [-0.2, -0.15) is 8.42 Å². The number of benzene rings is 3. The molecule has 2 heterocycles. The van der Waals surface area contributed by atoms with E-state index in [0.717, 1.165) is 17.2 Å². The molecule has 3 aromatic carbocycles. The zero-order valence-corrected chi connectivity index (χ0v) is 23.5. The average molecular weight is 597 g/mol. The molecule has 3 N–H and O–H groups in total. The molecule has 2 aromatic heterocycles. The van der Waals surface area contributed by atoms with Gasteiger partial charge in [-0.3, -0.25) is 4.18 Å². The molecular weight excluding hydrogens is 571 g/mol. The number of ether oxygens (including phenoxy) is 1. The minimum Gasteiger partial charge on any atom is -0.487 e. The van der Waals surface area contributed by atoms with Crippen molar-refractivity contribution in [3.8, 4) is 28.3 Å². The van der Waals surface area contributed by atoms with Crippen LogP contribution in [0.5, 0.6) is 5.75 Å². The Bertz CT molecular complexity index is 1810. The van der Waals surface area contributed by atoms with Crippen molar-refractivity contribution in [2.24, 2.45) is 0 Å². The van der Waals surface area contributed by atoms with E-state index in [1.807, 2.05) is 36.4 Å². The number of furan rings is 1. The highest BCUT2D eigenvalue weighted by Crippen LogP contribution is 2.35. The molecule has 41 heavy (non-hydrogen) atoms. The Labute approximate surface area is 241 Å². The van der Waals surface area contributed by atoms with Crippen molar-refractivity contribution in [2.75, 3.05) is 25.1 Å². The highest BCUT2D eigenvalue weighted by molar-refractivity contribution is 7.85. The van der Waals surface area contributed by atoms with E-state index in [0.29, 0.717) is 57.7 Å². The zero-order valence-electron chi connectivity index (χ0n) is 21.9. The van der Waals surface area contributed by atoms with Gasteiger partial charge in [-0.25, -0.2) is 14.4 Å². The molecule has 0 radical (unpaired) electrons. The Balaban J connectivity index is 1.35. The molecule has 0 spiro atoms. The van der Waals surface area contributed by atoms with Gasteiger partial charge >= 0.3 is 0 Å². The fourth-order valence-corrected chi connectivity index (χ4v) is 4.80. The molecule has 0 fully saturated rings. The largest absolute Gasteiger partial charge is 0.487 e. The van der Waals surface area contributed by atoms with E-state index >= 15 is 0 Å². The lowest BCUT2D eigenvalue weighted by Gasteiger charge is -2.12. The first-order valence-corrected chi connectivity index (χ1v) is 14.7. The number of nitrogen functional groups attached to an aromatic ring is 1. The summed E-state index contributed by atoms with van der Waals surface area (Å²) in [5.41, 5.74) is 9.47. The van der Waals surface area contributed by atoms with Crippen molar-refractivity contribution in [3.05, 3.63) is 95.0 Å². The van der Waals surface area contributed by atoms with E-state index in [-0.39, 0.29) is 25.0 Å². The van der Waals surface area contributed by atoms with Crippen LogP contribution in [-0.4, -0.2) is 37.8 Å². The number of fused-ring (bicyclic) bond motifs is 1. The summed E-state index contributed by atoms with van der Waals surface area (Å²) in [5, 5.41) is 4.19. The topological polar surface area (TPSA) is 130 Å². The maximum atomic E-state index is 13.5. The van der Waals surface area contributed by atoms with Crippen molar-refractivity contribution in [2.45, 2.75) is 13.2 Å². The van der Waals surface area contributed by atoms with E-state index in [9.17, 15) is 12.8 Å². The summed E-state index contributed by atoms with van der Waals surface area (Å²) in [6.45, 7) is 0.946. The van der Waals surface area contributed by atoms with Crippen LogP contribution < -0.4 is 15.8 Å². The fourth-order valence-electron chi connectivity index (χ4n) is 4.18. The third-order valence-electron chi connectivity index (χ3n) is 6.02. The first-order chi connectivity index (χ1) is 19.6. The summed E-state index contributed by atoms with van der Waals surface area (Å²) in [7, 11) is -3.47. The number of hydrogen-bond acceptors (Lipinski definition) is 9. The highest BCUT2D eigenvalue weighted by atomic mass is 35.5. The van der Waals surface area contributed by atoms with Crippen LogP contribution in [0, 0.1) is 5.82 Å². The third-order valence-corrected chi connectivity index (χ3v) is 6.91. The van der Waals surface area contributed by atoms with E-state index in [2.05, 4.69) is 15.3 Å². The first kappa shape index (κ1) is 28.5. The predicted octanol–water partition coefficient (Wildman–Crippen LogP) is 5.58. The molecule has 0 saturated carbocycles. The lowest BCUT2D eigenvalue weighted by Crippen LogP contribution is -2.20. The number of aromatic nitrogens is 2. The normalized spacial score (nSPS) is 11.7. The van der Waals surface area contributed by atoms with Crippen LogP contribution in [-0.2, 0) is 27.5 Å². The molecule has 5 rings (SSSR count). The molecular formula is C29H26ClFN4O5S. The second-order valence-corrected chi connectivity index (χ2v) is 11.2. The van der Waals surface area contributed by atoms with Crippen LogP contribution >= 0.6 is 11.6 Å². The first-order valence-electron chi connectivity index (χ1n) is 12.5. The molecule has 0 aliphatic heterocycles. The Morgan fingerprint density at radius 2 is 1.85 bits per heavy atom. The van der Waals surface area contributed by atoms with Gasteiger partial charge in [-0.05, 0) is 66.2 Å². The number of hydrogen-bond donors (Lipinski definition) is 2. The van der Waals surface area contributed by atoms with Crippen molar-refractivity contribution in [3.63, 3.8) is 0 Å². The van der Waals surface area contributed by atoms with Gasteiger partial charge in [0.25, 0.3) is 10.1 Å². The van der Waals surface area contributed by atoms with Gasteiger partial charge in [0.15, 0.2) is 0 Å². The van der Waals surface area contributed by atoms with Gasteiger partial charge < -0.3 is 20.2 Å². The third kappa shape index (κ3) is 7.39. The highest BCUT2D eigenvalue weighted by Gasteiger charge is 2.14. The minimum absolute atomic E-state index is 0.0348. The fraction of sp³-hybridized carbons (Fsp3) is 0.172. The Morgan fingerprint density at radius 3 is 2.63 bits per heavy atom. The number of nitrogens with two attached hydrogens (primary N) is 1. The van der Waals surface area contributed by atoms with Crippen molar-refractivity contribution in [1.82, 2.24) is 15.3 Å². The average Bonchev–Trinajstić information content (AvgIpc) is 3.40. The molecule has 0 amide bonds. The molecule has 0 aliphatic rings. The Hall–Kier alpha value is -4.03. The van der Waals surface area contributed by atoms with Gasteiger partial charge in [-0.1, -0.05) is 23.7 Å². The second-order valence-electron chi connectivity index (χ2n) is 9.19. The maximum absolute atomic E-state index is 13.5. The van der Waals surface area contributed by atoms with Crippen LogP contribution in [0.15, 0.2) is 77.2 Å². The zero-order chi connectivity index (χ0) is 29.0. The summed E-state index contributed by atoms with van der Waals surface area (Å²) in [6, 6.07) is 20.8. The summed E-state index contributed by atoms with van der Waals surface area (Å²) in [6.07, 6.45) is 1.01. The van der Waals surface area contributed by atoms with Crippen LogP contribution in [0.25, 0.3) is 33.5 Å². The summed E-state index contributed by atoms with van der Waals surface area (Å²) >= 11 is 6.55. The van der Waals surface area contributed by atoms with E-state index in [4.69, 9.17) is 30.7 Å². The second kappa shape index (κ2) is 12.2. The maximum Gasteiger partial charge on any atom is 0.264 e. The van der Waals surface area contributed by atoms with Crippen molar-refractivity contribution in [1.29, 1.82) is 0 Å². The van der Waals surface area contributed by atoms with Crippen molar-refractivity contribution < 1.29 is 26.1 Å². The molecule has 0 atom stereocenters. The Kier molecular flexibility index (Phi) is 8.50. The molecule has 0 bridgehead atoms. The molecule has 5 aromatic rings. The molecule has 0 unspecified atom stereocenters. The quantitative estimate of drug-likeness (QED) is 0.148. The summed E-state index contributed by atoms with van der Waals surface area (Å²) in [5.74, 6) is 1.55. The van der Waals surface area contributed by atoms with E-state index < -0.39 is 10.1 Å². The van der Waals surface area contributed by atoms with E-state index in [1.54, 1.807) is 24.3 Å². The lowest BCUT2D eigenvalue weighted by molar-refractivity contribution is 0.306. The Morgan fingerprint density at radius 1 is 1.02 bits per heavy atom. The summed E-state index contributed by atoms with van der Waals surface area (Å²) in [4.78, 5) is 8.86. The smallest absolute Gasteiger partial charge is 0.264 e. The molecule has 212 valence electrons. The molecule has 9 nitrogen and oxygen atoms in total. The number of anilines is 1. The van der Waals surface area contributed by atoms with E-state index in [1.165, 1.54) is 12.1 Å². The van der Waals surface area contributed by atoms with Crippen LogP contribution in [0.1, 0.15) is 11.3 Å². The predicted molar refractivity (Wildman–Crippen MR) is 155 cm³/mol. The van der Waals surface area contributed by atoms with Crippen LogP contribution in [0.4, 0.5) is 10.3 Å². The van der Waals surface area contributed by atoms with Crippen LogP contribution in [0.3, 0.4) is 0 Å². The number of nitrogens with one attached hydrogen (secondary N) is 1. The standard InChI is InChI=1S/C29H26ClFN4O5S/c1-41(36,37)39-12-11-33-16-22-7-10-26(40-22)19-5-8-25-23(14-19)28(35-29(32)34-25)20-6-9-27(24(30)15-20)38-17-18-3-2-4-21(31)13-18/h2-10,13-15,33H,11-12,16-17H2,1H3,(H2,32,34,35). The SMILES string of the molecule is CS(=O)(=O)OCCNCc1ccc(-c2ccc3nc(N)nc(-c4ccc(OCc5cccc(F)c5)c(Cl)c4)c3c2)o1. The lowest BCUT2D eigenvalue weighted by atomic mass is 10.0. The van der Waals surface area contributed by atoms with Crippen LogP contribution in [0.2, 0.25) is 5.02 Å². The molecule has 0 saturated heterocycles. The molecule has 0 aliphatic carbocycles. The summed E-state index contributed by atoms with van der Waals surface area (Å²) < 4.78 is 52.1. The minimum atomic E-state index is -3.47. The number of rotatable bonds is 11. The van der Waals surface area contributed by atoms with Crippen molar-refractivity contribution >= 4 is 38.6 Å². The number of nitrogens with zero attached hydrogens (tertiary/aromatic N) is 2. The van der Waals surface area contributed by atoms with Gasteiger partial charge in [0.05, 0.1) is 35.6 Å².